The highest BCUT2D eigenvalue weighted by atomic mass is 35.5. The van der Waals surface area contributed by atoms with Crippen LogP contribution in [0.5, 0.6) is 0 Å². The molecule has 192 valence electrons. The number of anilines is 2. The summed E-state index contributed by atoms with van der Waals surface area (Å²) in [6.07, 6.45) is 1.71. The van der Waals surface area contributed by atoms with E-state index in [1.54, 1.807) is 41.3 Å². The van der Waals surface area contributed by atoms with Crippen molar-refractivity contribution in [1.29, 1.82) is 0 Å². The summed E-state index contributed by atoms with van der Waals surface area (Å²) in [5, 5.41) is 1.12. The van der Waals surface area contributed by atoms with E-state index in [4.69, 9.17) is 21.3 Å². The van der Waals surface area contributed by atoms with E-state index in [9.17, 15) is 13.2 Å². The molecule has 1 unspecified atom stereocenters. The van der Waals surface area contributed by atoms with Crippen LogP contribution in [-0.4, -0.2) is 45.6 Å². The van der Waals surface area contributed by atoms with Crippen molar-refractivity contribution in [2.45, 2.75) is 30.8 Å². The molecule has 0 radical (unpaired) electrons. The number of nitrogens with zero attached hydrogens (tertiary/aromatic N) is 3. The number of hydrogen-bond donors (Lipinski definition) is 0. The third-order valence-corrected chi connectivity index (χ3v) is 9.79. The van der Waals surface area contributed by atoms with Gasteiger partial charge in [0.05, 0.1) is 38.5 Å². The van der Waals surface area contributed by atoms with E-state index in [0.717, 1.165) is 28.6 Å². The molecule has 1 aromatic heterocycles. The molecule has 10 heteroatoms. The number of benzene rings is 3. The minimum atomic E-state index is -3.79. The smallest absolute Gasteiger partial charge is 0.264 e. The van der Waals surface area contributed by atoms with Crippen LogP contribution in [-0.2, 0) is 14.8 Å². The summed E-state index contributed by atoms with van der Waals surface area (Å²) in [5.74, 6) is -0.274. The fraction of sp³-hybridized carbons (Fsp3) is 0.259. The lowest BCUT2D eigenvalue weighted by Crippen LogP contribution is -2.37. The Morgan fingerprint density at radius 1 is 1.11 bits per heavy atom. The van der Waals surface area contributed by atoms with E-state index in [1.807, 2.05) is 25.1 Å². The van der Waals surface area contributed by atoms with Crippen molar-refractivity contribution in [3.63, 3.8) is 0 Å². The average molecular weight is 556 g/mol. The molecule has 37 heavy (non-hydrogen) atoms. The molecule has 1 amide bonds. The van der Waals surface area contributed by atoms with E-state index in [2.05, 4.69) is 0 Å². The number of ether oxygens (including phenoxy) is 1. The largest absolute Gasteiger partial charge is 0.376 e. The molecule has 2 heterocycles. The third-order valence-electron chi connectivity index (χ3n) is 6.45. The lowest BCUT2D eigenvalue weighted by atomic mass is 10.2. The lowest BCUT2D eigenvalue weighted by Gasteiger charge is -2.23. The zero-order valence-corrected chi connectivity index (χ0v) is 22.8. The van der Waals surface area contributed by atoms with E-state index < -0.39 is 10.0 Å². The van der Waals surface area contributed by atoms with Gasteiger partial charge in [-0.2, -0.15) is 0 Å². The maximum atomic E-state index is 13.7. The first-order valence-corrected chi connectivity index (χ1v) is 14.5. The Morgan fingerprint density at radius 2 is 1.84 bits per heavy atom. The van der Waals surface area contributed by atoms with Crippen LogP contribution in [0.15, 0.2) is 71.6 Å². The first-order chi connectivity index (χ1) is 17.8. The van der Waals surface area contributed by atoms with Crippen molar-refractivity contribution < 1.29 is 17.9 Å². The number of carbonyl (C=O) groups is 1. The van der Waals surface area contributed by atoms with Gasteiger partial charge in [-0.3, -0.25) is 14.0 Å². The van der Waals surface area contributed by atoms with Gasteiger partial charge < -0.3 is 4.74 Å². The Kier molecular flexibility index (Phi) is 7.22. The fourth-order valence-electron chi connectivity index (χ4n) is 4.31. The molecule has 4 aromatic rings. The number of halogens is 1. The molecule has 7 nitrogen and oxygen atoms in total. The Hall–Kier alpha value is -2.98. The van der Waals surface area contributed by atoms with Crippen LogP contribution < -0.4 is 9.21 Å². The Labute approximate surface area is 225 Å². The third kappa shape index (κ3) is 5.09. The van der Waals surface area contributed by atoms with Crippen LogP contribution in [0.2, 0.25) is 5.02 Å². The van der Waals surface area contributed by atoms with Crippen molar-refractivity contribution in [2.24, 2.45) is 0 Å². The van der Waals surface area contributed by atoms with Gasteiger partial charge in [0.15, 0.2) is 5.13 Å². The molecular weight excluding hydrogens is 530 g/mol. The average Bonchev–Trinajstić information content (AvgIpc) is 3.60. The molecule has 0 spiro atoms. The first kappa shape index (κ1) is 25.7. The second-order valence-corrected chi connectivity index (χ2v) is 12.3. The Bertz CT molecular complexity index is 1490. The molecule has 5 rings (SSSR count). The van der Waals surface area contributed by atoms with Crippen molar-refractivity contribution in [3.05, 3.63) is 82.9 Å². The molecule has 3 aromatic carbocycles. The van der Waals surface area contributed by atoms with Crippen LogP contribution in [0.3, 0.4) is 0 Å². The molecule has 1 atom stereocenters. The van der Waals surface area contributed by atoms with Gasteiger partial charge in [0, 0.05) is 19.2 Å². The highest BCUT2D eigenvalue weighted by molar-refractivity contribution is 7.92. The minimum absolute atomic E-state index is 0.0910. The van der Waals surface area contributed by atoms with Gasteiger partial charge in [-0.15, -0.1) is 0 Å². The number of aromatic nitrogens is 1. The van der Waals surface area contributed by atoms with Gasteiger partial charge in [0.1, 0.15) is 0 Å². The predicted molar refractivity (Wildman–Crippen MR) is 148 cm³/mol. The van der Waals surface area contributed by atoms with Crippen LogP contribution in [0.25, 0.3) is 10.2 Å². The van der Waals surface area contributed by atoms with Gasteiger partial charge >= 0.3 is 0 Å². The van der Waals surface area contributed by atoms with Crippen molar-refractivity contribution in [3.8, 4) is 0 Å². The second-order valence-electron chi connectivity index (χ2n) is 8.92. The second kappa shape index (κ2) is 10.4. The van der Waals surface area contributed by atoms with Crippen LogP contribution in [0.1, 0.15) is 28.8 Å². The number of para-hydroxylation sites is 1. The summed E-state index contributed by atoms with van der Waals surface area (Å²) in [4.78, 5) is 20.2. The fourth-order valence-corrected chi connectivity index (χ4v) is 6.83. The summed E-state index contributed by atoms with van der Waals surface area (Å²) >= 11 is 7.79. The van der Waals surface area contributed by atoms with E-state index in [0.29, 0.717) is 34.6 Å². The Morgan fingerprint density at radius 3 is 2.49 bits per heavy atom. The number of fused-ring (bicyclic) bond motifs is 1. The molecule has 1 fully saturated rings. The number of carbonyl (C=O) groups excluding carboxylic acids is 1. The number of rotatable bonds is 7. The van der Waals surface area contributed by atoms with Crippen molar-refractivity contribution in [2.75, 3.05) is 29.4 Å². The summed E-state index contributed by atoms with van der Waals surface area (Å²) in [6, 6.07) is 18.6. The van der Waals surface area contributed by atoms with Gasteiger partial charge in [-0.05, 0) is 67.8 Å². The topological polar surface area (TPSA) is 79.8 Å². The number of amides is 1. The van der Waals surface area contributed by atoms with Crippen LogP contribution >= 0.6 is 22.9 Å². The maximum absolute atomic E-state index is 13.7. The van der Waals surface area contributed by atoms with Crippen molar-refractivity contribution >= 4 is 59.9 Å². The summed E-state index contributed by atoms with van der Waals surface area (Å²) < 4.78 is 34.2. The lowest BCUT2D eigenvalue weighted by molar-refractivity contribution is 0.0917. The monoisotopic (exact) mass is 555 g/mol. The van der Waals surface area contributed by atoms with Crippen molar-refractivity contribution in [1.82, 2.24) is 4.98 Å². The molecule has 0 bridgehead atoms. The van der Waals surface area contributed by atoms with Gasteiger partial charge in [0.25, 0.3) is 15.9 Å². The van der Waals surface area contributed by atoms with Gasteiger partial charge in [-0.1, -0.05) is 47.2 Å². The zero-order chi connectivity index (χ0) is 26.2. The molecule has 0 aliphatic carbocycles. The van der Waals surface area contributed by atoms with E-state index >= 15 is 0 Å². The molecule has 0 N–H and O–H groups in total. The molecule has 0 saturated carbocycles. The van der Waals surface area contributed by atoms with E-state index in [1.165, 1.54) is 34.8 Å². The summed E-state index contributed by atoms with van der Waals surface area (Å²) in [6.45, 7) is 2.98. The van der Waals surface area contributed by atoms with E-state index in [-0.39, 0.29) is 16.9 Å². The zero-order valence-electron chi connectivity index (χ0n) is 20.4. The minimum Gasteiger partial charge on any atom is -0.376 e. The molecule has 1 aliphatic rings. The quantitative estimate of drug-likeness (QED) is 0.283. The summed E-state index contributed by atoms with van der Waals surface area (Å²) in [5.41, 5.74) is 2.66. The number of hydrogen-bond acceptors (Lipinski definition) is 6. The predicted octanol–water partition coefficient (Wildman–Crippen LogP) is 5.91. The number of sulfonamides is 1. The molecule has 1 aliphatic heterocycles. The normalized spacial score (nSPS) is 15.7. The highest BCUT2D eigenvalue weighted by Gasteiger charge is 2.28. The Balaban J connectivity index is 1.46. The van der Waals surface area contributed by atoms with Crippen LogP contribution in [0.4, 0.5) is 10.8 Å². The molecular formula is C27H26ClN3O4S2. The SMILES string of the molecule is Cc1ccc(Cl)c2sc(N(CC3CCCO3)C(=O)c3ccc(S(=O)(=O)N(C)c4ccccc4)cc3)nc12. The number of aryl methyl sites for hydroxylation is 1. The standard InChI is InChI=1S/C27H26ClN3O4S2/c1-18-10-15-23(28)25-24(18)29-27(36-25)31(17-21-9-6-16-35-21)26(32)19-11-13-22(14-12-19)37(33,34)30(2)20-7-4-3-5-8-20/h3-5,7-8,10-15,21H,6,9,16-17H2,1-2H3. The van der Waals surface area contributed by atoms with Gasteiger partial charge in [-0.25, -0.2) is 13.4 Å². The highest BCUT2D eigenvalue weighted by Crippen LogP contribution is 2.36. The first-order valence-electron chi connectivity index (χ1n) is 11.9. The van der Waals surface area contributed by atoms with Gasteiger partial charge in [0.2, 0.25) is 0 Å². The maximum Gasteiger partial charge on any atom is 0.264 e. The summed E-state index contributed by atoms with van der Waals surface area (Å²) in [7, 11) is -2.28. The molecule has 1 saturated heterocycles. The van der Waals surface area contributed by atoms with Crippen LogP contribution in [0, 0.1) is 6.92 Å². The number of thiazole rings is 1.